The molecule has 0 fully saturated rings. The van der Waals surface area contributed by atoms with Gasteiger partial charge in [0, 0.05) is 12.2 Å². The van der Waals surface area contributed by atoms with Crippen LogP contribution in [-0.2, 0) is 6.18 Å². The monoisotopic (exact) mass is 427 g/mol. The van der Waals surface area contributed by atoms with E-state index in [0.717, 1.165) is 18.2 Å². The third kappa shape index (κ3) is 5.15. The predicted molar refractivity (Wildman–Crippen MR) is 104 cm³/mol. The molecule has 0 bridgehead atoms. The zero-order chi connectivity index (χ0) is 21.2. The number of H-pyrrole nitrogens is 2. The molecule has 0 saturated carbocycles. The van der Waals surface area contributed by atoms with Crippen molar-refractivity contribution in [1.82, 2.24) is 9.97 Å². The molecule has 0 aliphatic carbocycles. The Bertz CT molecular complexity index is 1090. The van der Waals surface area contributed by atoms with E-state index in [4.69, 9.17) is 11.6 Å². The van der Waals surface area contributed by atoms with Crippen LogP contribution < -0.4 is 11.0 Å². The molecule has 0 spiro atoms. The summed E-state index contributed by atoms with van der Waals surface area (Å²) < 4.78 is 38.6. The number of alkyl halides is 3. The molecular formula is C18H17ClF3N5O2. The number of hydrogen-bond donors (Lipinski definition) is 4. The van der Waals surface area contributed by atoms with Crippen LogP contribution in [0, 0.1) is 0 Å². The molecule has 4 N–H and O–H groups in total. The van der Waals surface area contributed by atoms with Crippen molar-refractivity contribution >= 4 is 34.0 Å². The van der Waals surface area contributed by atoms with Crippen molar-refractivity contribution in [2.45, 2.75) is 25.2 Å². The fourth-order valence-corrected chi connectivity index (χ4v) is 2.73. The topological polar surface area (TPSA) is 106 Å². The molecule has 0 amide bonds. The number of azo groups is 1. The predicted octanol–water partition coefficient (Wildman–Crippen LogP) is 4.47. The van der Waals surface area contributed by atoms with Gasteiger partial charge in [0.05, 0.1) is 27.7 Å². The normalized spacial score (nSPS) is 14.4. The Labute approximate surface area is 167 Å². The van der Waals surface area contributed by atoms with Gasteiger partial charge in [0.25, 0.3) is 0 Å². The van der Waals surface area contributed by atoms with Gasteiger partial charge in [-0.2, -0.15) is 23.4 Å². The average molecular weight is 428 g/mol. The maximum atomic E-state index is 12.9. The van der Waals surface area contributed by atoms with Crippen LogP contribution in [0.1, 0.15) is 12.5 Å². The Balaban J connectivity index is 1.75. The van der Waals surface area contributed by atoms with Crippen LogP contribution in [0.4, 0.5) is 24.5 Å². The van der Waals surface area contributed by atoms with Crippen LogP contribution >= 0.6 is 11.6 Å². The zero-order valence-corrected chi connectivity index (χ0v) is 15.8. The van der Waals surface area contributed by atoms with Crippen LogP contribution in [0.3, 0.4) is 0 Å². The minimum Gasteiger partial charge on any atom is -0.391 e. The minimum atomic E-state index is -4.53. The Morgan fingerprint density at radius 3 is 2.59 bits per heavy atom. The summed E-state index contributed by atoms with van der Waals surface area (Å²) in [5.74, 6) is 0. The second kappa shape index (κ2) is 8.26. The summed E-state index contributed by atoms with van der Waals surface area (Å²) in [4.78, 5) is 16.6. The number of aliphatic hydroxyl groups excluding tert-OH is 1. The molecule has 0 radical (unpaired) electrons. The SMILES string of the molecule is CC(O)C(CNc1ccc2[nH]c(=O)[nH]c2c1)N=Nc1cc(C(F)(F)F)ccc1Cl. The number of rotatable bonds is 6. The van der Waals surface area contributed by atoms with E-state index in [9.17, 15) is 23.1 Å². The standard InChI is InChI=1S/C18H17ClF3N5O2/c1-9(28)16(8-23-11-3-5-13-15(7-11)25-17(29)24-13)27-26-14-6-10(18(20,21)22)2-4-12(14)19/h2-7,9,16,23,28H,8H2,1H3,(H2,24,25,29). The van der Waals surface area contributed by atoms with E-state index in [1.54, 1.807) is 18.2 Å². The largest absolute Gasteiger partial charge is 0.416 e. The van der Waals surface area contributed by atoms with Gasteiger partial charge in [0.2, 0.25) is 0 Å². The van der Waals surface area contributed by atoms with E-state index in [-0.39, 0.29) is 22.9 Å². The van der Waals surface area contributed by atoms with E-state index in [1.165, 1.54) is 6.92 Å². The van der Waals surface area contributed by atoms with Crippen LogP contribution in [0.15, 0.2) is 51.4 Å². The molecule has 154 valence electrons. The highest BCUT2D eigenvalue weighted by Gasteiger charge is 2.31. The molecule has 0 saturated heterocycles. The lowest BCUT2D eigenvalue weighted by molar-refractivity contribution is -0.137. The van der Waals surface area contributed by atoms with Crippen molar-refractivity contribution in [3.8, 4) is 0 Å². The van der Waals surface area contributed by atoms with Crippen molar-refractivity contribution in [2.24, 2.45) is 10.2 Å². The number of hydrogen-bond acceptors (Lipinski definition) is 5. The summed E-state index contributed by atoms with van der Waals surface area (Å²) in [5, 5.41) is 20.8. The van der Waals surface area contributed by atoms with Gasteiger partial charge in [-0.3, -0.25) is 0 Å². The number of benzene rings is 2. The van der Waals surface area contributed by atoms with E-state index in [0.29, 0.717) is 16.7 Å². The molecular weight excluding hydrogens is 411 g/mol. The molecule has 7 nitrogen and oxygen atoms in total. The van der Waals surface area contributed by atoms with Crippen molar-refractivity contribution in [1.29, 1.82) is 0 Å². The molecule has 29 heavy (non-hydrogen) atoms. The van der Waals surface area contributed by atoms with Gasteiger partial charge in [-0.05, 0) is 43.3 Å². The second-order valence-corrected chi connectivity index (χ2v) is 6.81. The first-order valence-corrected chi connectivity index (χ1v) is 8.93. The van der Waals surface area contributed by atoms with Crippen LogP contribution in [0.25, 0.3) is 11.0 Å². The summed E-state index contributed by atoms with van der Waals surface area (Å²) >= 11 is 5.91. The van der Waals surface area contributed by atoms with Gasteiger partial charge in [0.1, 0.15) is 11.7 Å². The first-order chi connectivity index (χ1) is 13.6. The summed E-state index contributed by atoms with van der Waals surface area (Å²) in [5.41, 5.74) is 0.545. The molecule has 3 rings (SSSR count). The van der Waals surface area contributed by atoms with Crippen LogP contribution in [0.2, 0.25) is 5.02 Å². The number of aliphatic hydroxyl groups is 1. The number of nitrogens with one attached hydrogen (secondary N) is 3. The number of anilines is 1. The number of fused-ring (bicyclic) bond motifs is 1. The molecule has 2 aromatic carbocycles. The van der Waals surface area contributed by atoms with E-state index in [2.05, 4.69) is 25.5 Å². The quantitative estimate of drug-likeness (QED) is 0.436. The summed E-state index contributed by atoms with van der Waals surface area (Å²) in [7, 11) is 0. The Hall–Kier alpha value is -2.85. The van der Waals surface area contributed by atoms with Crippen LogP contribution in [-0.4, -0.2) is 33.8 Å². The smallest absolute Gasteiger partial charge is 0.391 e. The van der Waals surface area contributed by atoms with E-state index < -0.39 is 23.9 Å². The molecule has 1 heterocycles. The average Bonchev–Trinajstić information content (AvgIpc) is 3.01. The lowest BCUT2D eigenvalue weighted by atomic mass is 10.2. The van der Waals surface area contributed by atoms with Gasteiger partial charge in [-0.15, -0.1) is 0 Å². The maximum absolute atomic E-state index is 12.9. The summed E-state index contributed by atoms with van der Waals surface area (Å²) in [6, 6.07) is 7.14. The highest BCUT2D eigenvalue weighted by atomic mass is 35.5. The summed E-state index contributed by atoms with van der Waals surface area (Å²) in [6.07, 6.45) is -5.45. The third-order valence-electron chi connectivity index (χ3n) is 4.18. The number of aromatic amines is 2. The van der Waals surface area contributed by atoms with Gasteiger partial charge in [-0.1, -0.05) is 11.6 Å². The molecule has 1 aromatic heterocycles. The summed E-state index contributed by atoms with van der Waals surface area (Å²) in [6.45, 7) is 1.64. The fraction of sp³-hybridized carbons (Fsp3) is 0.278. The fourth-order valence-electron chi connectivity index (χ4n) is 2.57. The van der Waals surface area contributed by atoms with Crippen molar-refractivity contribution in [3.63, 3.8) is 0 Å². The number of halogens is 4. The molecule has 11 heteroatoms. The number of aromatic nitrogens is 2. The highest BCUT2D eigenvalue weighted by Crippen LogP contribution is 2.35. The molecule has 2 unspecified atom stereocenters. The van der Waals surface area contributed by atoms with E-state index >= 15 is 0 Å². The van der Waals surface area contributed by atoms with Crippen molar-refractivity contribution < 1.29 is 18.3 Å². The lowest BCUT2D eigenvalue weighted by Gasteiger charge is -2.16. The molecule has 0 aliphatic heterocycles. The second-order valence-electron chi connectivity index (χ2n) is 6.41. The Morgan fingerprint density at radius 2 is 1.90 bits per heavy atom. The molecule has 0 aliphatic rings. The molecule has 2 atom stereocenters. The van der Waals surface area contributed by atoms with Crippen LogP contribution in [0.5, 0.6) is 0 Å². The van der Waals surface area contributed by atoms with Gasteiger partial charge < -0.3 is 20.4 Å². The molecule has 3 aromatic rings. The van der Waals surface area contributed by atoms with Crippen molar-refractivity contribution in [3.05, 3.63) is 57.5 Å². The first kappa shape index (κ1) is 20.9. The van der Waals surface area contributed by atoms with E-state index in [1.807, 2.05) is 0 Å². The van der Waals surface area contributed by atoms with Gasteiger partial charge >= 0.3 is 11.9 Å². The minimum absolute atomic E-state index is 0.0147. The zero-order valence-electron chi connectivity index (χ0n) is 15.1. The Kier molecular flexibility index (Phi) is 5.94. The van der Waals surface area contributed by atoms with Crippen molar-refractivity contribution in [2.75, 3.05) is 11.9 Å². The van der Waals surface area contributed by atoms with Gasteiger partial charge in [0.15, 0.2) is 0 Å². The third-order valence-corrected chi connectivity index (χ3v) is 4.50. The lowest BCUT2D eigenvalue weighted by Crippen LogP contribution is -2.28. The van der Waals surface area contributed by atoms with Gasteiger partial charge in [-0.25, -0.2) is 4.79 Å². The number of nitrogens with zero attached hydrogens (tertiary/aromatic N) is 2. The highest BCUT2D eigenvalue weighted by molar-refractivity contribution is 6.32. The number of imidazole rings is 1. The Morgan fingerprint density at radius 1 is 1.17 bits per heavy atom. The first-order valence-electron chi connectivity index (χ1n) is 8.55. The maximum Gasteiger partial charge on any atom is 0.416 e.